The summed E-state index contributed by atoms with van der Waals surface area (Å²) in [5.41, 5.74) is 2.13. The SMILES string of the molecule is C[C@H](C(=O)N(C)c1ccccc1)N(C)Cc1ccc2ccccc2c1. The molecule has 3 rings (SSSR count). The van der Waals surface area contributed by atoms with Gasteiger partial charge in [-0.25, -0.2) is 0 Å². The summed E-state index contributed by atoms with van der Waals surface area (Å²) in [6.07, 6.45) is 0. The maximum Gasteiger partial charge on any atom is 0.243 e. The molecule has 0 heterocycles. The van der Waals surface area contributed by atoms with Crippen LogP contribution in [0.25, 0.3) is 10.8 Å². The van der Waals surface area contributed by atoms with Crippen molar-refractivity contribution in [2.24, 2.45) is 0 Å². The van der Waals surface area contributed by atoms with E-state index in [1.54, 1.807) is 4.90 Å². The third-order valence-electron chi connectivity index (χ3n) is 4.74. The minimum absolute atomic E-state index is 0.0921. The lowest BCUT2D eigenvalue weighted by molar-refractivity contribution is -0.122. The highest BCUT2D eigenvalue weighted by Gasteiger charge is 2.22. The van der Waals surface area contributed by atoms with Crippen LogP contribution in [0.3, 0.4) is 0 Å². The zero-order chi connectivity index (χ0) is 17.8. The quantitative estimate of drug-likeness (QED) is 0.694. The number of carbonyl (C=O) groups is 1. The molecule has 0 radical (unpaired) electrons. The van der Waals surface area contributed by atoms with Crippen LogP contribution in [-0.2, 0) is 11.3 Å². The van der Waals surface area contributed by atoms with E-state index in [0.717, 1.165) is 12.2 Å². The van der Waals surface area contributed by atoms with Crippen molar-refractivity contribution in [3.63, 3.8) is 0 Å². The largest absolute Gasteiger partial charge is 0.314 e. The Kier molecular flexibility index (Phi) is 5.15. The summed E-state index contributed by atoms with van der Waals surface area (Å²) in [6.45, 7) is 2.70. The van der Waals surface area contributed by atoms with E-state index in [9.17, 15) is 4.79 Å². The van der Waals surface area contributed by atoms with Crippen LogP contribution in [0.1, 0.15) is 12.5 Å². The first-order chi connectivity index (χ1) is 12.1. The van der Waals surface area contributed by atoms with Gasteiger partial charge in [0.25, 0.3) is 0 Å². The van der Waals surface area contributed by atoms with Crippen molar-refractivity contribution in [1.82, 2.24) is 4.90 Å². The Labute approximate surface area is 149 Å². The van der Waals surface area contributed by atoms with Crippen LogP contribution in [-0.4, -0.2) is 30.9 Å². The zero-order valence-electron chi connectivity index (χ0n) is 15.0. The molecular formula is C22H24N2O. The first kappa shape index (κ1) is 17.2. The molecule has 0 spiro atoms. The van der Waals surface area contributed by atoms with E-state index in [4.69, 9.17) is 0 Å². The lowest BCUT2D eigenvalue weighted by atomic mass is 10.1. The second-order valence-electron chi connectivity index (χ2n) is 6.51. The van der Waals surface area contributed by atoms with Gasteiger partial charge < -0.3 is 4.90 Å². The number of anilines is 1. The van der Waals surface area contributed by atoms with E-state index < -0.39 is 0 Å². The van der Waals surface area contributed by atoms with Gasteiger partial charge in [-0.3, -0.25) is 9.69 Å². The van der Waals surface area contributed by atoms with E-state index in [1.165, 1.54) is 16.3 Å². The van der Waals surface area contributed by atoms with E-state index >= 15 is 0 Å². The first-order valence-corrected chi connectivity index (χ1v) is 8.57. The van der Waals surface area contributed by atoms with Crippen LogP contribution in [0.15, 0.2) is 72.8 Å². The molecule has 1 atom stereocenters. The molecular weight excluding hydrogens is 308 g/mol. The molecule has 3 heteroatoms. The summed E-state index contributed by atoms with van der Waals surface area (Å²) >= 11 is 0. The normalized spacial score (nSPS) is 12.3. The van der Waals surface area contributed by atoms with Crippen LogP contribution in [0.5, 0.6) is 0 Å². The van der Waals surface area contributed by atoms with Gasteiger partial charge in [-0.05, 0) is 48.5 Å². The van der Waals surface area contributed by atoms with Crippen LogP contribution < -0.4 is 4.90 Å². The number of likely N-dealkylation sites (N-methyl/N-ethyl adjacent to an activating group) is 2. The summed E-state index contributed by atoms with van der Waals surface area (Å²) in [4.78, 5) is 16.6. The highest BCUT2D eigenvalue weighted by molar-refractivity contribution is 5.96. The number of amides is 1. The lowest BCUT2D eigenvalue weighted by Crippen LogP contribution is -2.43. The van der Waals surface area contributed by atoms with Crippen LogP contribution in [0.2, 0.25) is 0 Å². The van der Waals surface area contributed by atoms with Gasteiger partial charge in [0.05, 0.1) is 6.04 Å². The number of carbonyl (C=O) groups excluding carboxylic acids is 1. The fourth-order valence-corrected chi connectivity index (χ4v) is 3.01. The summed E-state index contributed by atoms with van der Waals surface area (Å²) in [6, 6.07) is 24.4. The highest BCUT2D eigenvalue weighted by atomic mass is 16.2. The molecule has 0 aromatic heterocycles. The Morgan fingerprint density at radius 1 is 0.880 bits per heavy atom. The Morgan fingerprint density at radius 3 is 2.24 bits per heavy atom. The second-order valence-corrected chi connectivity index (χ2v) is 6.51. The number of para-hydroxylation sites is 1. The predicted molar refractivity (Wildman–Crippen MR) is 105 cm³/mol. The number of benzene rings is 3. The van der Waals surface area contributed by atoms with Gasteiger partial charge in [0.15, 0.2) is 0 Å². The van der Waals surface area contributed by atoms with E-state index in [0.29, 0.717) is 0 Å². The molecule has 0 unspecified atom stereocenters. The molecule has 0 fully saturated rings. The maximum atomic E-state index is 12.8. The number of fused-ring (bicyclic) bond motifs is 1. The molecule has 0 aliphatic carbocycles. The Morgan fingerprint density at radius 2 is 1.52 bits per heavy atom. The first-order valence-electron chi connectivity index (χ1n) is 8.57. The molecule has 0 saturated carbocycles. The average Bonchev–Trinajstić information content (AvgIpc) is 2.66. The van der Waals surface area contributed by atoms with E-state index in [-0.39, 0.29) is 11.9 Å². The molecule has 0 bridgehead atoms. The molecule has 3 nitrogen and oxygen atoms in total. The van der Waals surface area contributed by atoms with Crippen molar-refractivity contribution in [1.29, 1.82) is 0 Å². The summed E-state index contributed by atoms with van der Waals surface area (Å²) in [7, 11) is 3.83. The van der Waals surface area contributed by atoms with Crippen molar-refractivity contribution in [2.45, 2.75) is 19.5 Å². The smallest absolute Gasteiger partial charge is 0.243 e. The minimum atomic E-state index is -0.198. The monoisotopic (exact) mass is 332 g/mol. The third kappa shape index (κ3) is 3.89. The predicted octanol–water partition coefficient (Wildman–Crippen LogP) is 4.32. The summed E-state index contributed by atoms with van der Waals surface area (Å²) in [5, 5.41) is 2.47. The molecule has 0 aliphatic rings. The molecule has 0 aliphatic heterocycles. The van der Waals surface area contributed by atoms with Crippen molar-refractivity contribution >= 4 is 22.4 Å². The Hall–Kier alpha value is -2.65. The van der Waals surface area contributed by atoms with Crippen LogP contribution in [0, 0.1) is 0 Å². The van der Waals surface area contributed by atoms with Gasteiger partial charge in [0.2, 0.25) is 5.91 Å². The average molecular weight is 332 g/mol. The van der Waals surface area contributed by atoms with Gasteiger partial charge >= 0.3 is 0 Å². The number of rotatable bonds is 5. The number of nitrogens with zero attached hydrogens (tertiary/aromatic N) is 2. The van der Waals surface area contributed by atoms with Gasteiger partial charge in [0.1, 0.15) is 0 Å². The molecule has 0 N–H and O–H groups in total. The van der Waals surface area contributed by atoms with Gasteiger partial charge in [-0.1, -0.05) is 54.6 Å². The topological polar surface area (TPSA) is 23.6 Å². The molecule has 128 valence electrons. The number of hydrogen-bond acceptors (Lipinski definition) is 2. The molecule has 3 aromatic rings. The van der Waals surface area contributed by atoms with Crippen molar-refractivity contribution in [3.05, 3.63) is 78.4 Å². The van der Waals surface area contributed by atoms with Crippen molar-refractivity contribution in [2.75, 3.05) is 19.0 Å². The van der Waals surface area contributed by atoms with Crippen molar-refractivity contribution in [3.8, 4) is 0 Å². The fraction of sp³-hybridized carbons (Fsp3) is 0.227. The van der Waals surface area contributed by atoms with E-state index in [2.05, 4.69) is 41.3 Å². The third-order valence-corrected chi connectivity index (χ3v) is 4.74. The second kappa shape index (κ2) is 7.49. The van der Waals surface area contributed by atoms with Crippen LogP contribution in [0.4, 0.5) is 5.69 Å². The minimum Gasteiger partial charge on any atom is -0.314 e. The van der Waals surface area contributed by atoms with Crippen molar-refractivity contribution < 1.29 is 4.79 Å². The maximum absolute atomic E-state index is 12.8. The van der Waals surface area contributed by atoms with E-state index in [1.807, 2.05) is 57.4 Å². The summed E-state index contributed by atoms with van der Waals surface area (Å²) in [5.74, 6) is 0.0921. The van der Waals surface area contributed by atoms with Gasteiger partial charge in [-0.15, -0.1) is 0 Å². The van der Waals surface area contributed by atoms with Crippen LogP contribution >= 0.6 is 0 Å². The Balaban J connectivity index is 1.70. The molecule has 3 aromatic carbocycles. The van der Waals surface area contributed by atoms with Gasteiger partial charge in [0, 0.05) is 19.3 Å². The summed E-state index contributed by atoms with van der Waals surface area (Å²) < 4.78 is 0. The molecule has 0 saturated heterocycles. The number of hydrogen-bond donors (Lipinski definition) is 0. The van der Waals surface area contributed by atoms with Gasteiger partial charge in [-0.2, -0.15) is 0 Å². The Bertz CT molecular complexity index is 860. The lowest BCUT2D eigenvalue weighted by Gasteiger charge is -2.28. The molecule has 1 amide bonds. The fourth-order valence-electron chi connectivity index (χ4n) is 3.01. The standard InChI is InChI=1S/C22H24N2O/c1-17(22(25)24(3)21-11-5-4-6-12-21)23(2)16-18-13-14-19-9-7-8-10-20(19)15-18/h4-15,17H,16H2,1-3H3/t17-/m1/s1. The highest BCUT2D eigenvalue weighted by Crippen LogP contribution is 2.18. The zero-order valence-corrected chi connectivity index (χ0v) is 15.0. The molecule has 25 heavy (non-hydrogen) atoms.